The van der Waals surface area contributed by atoms with Crippen molar-refractivity contribution in [3.05, 3.63) is 63.8 Å². The molecule has 0 unspecified atom stereocenters. The van der Waals surface area contributed by atoms with E-state index in [1.165, 1.54) is 12.8 Å². The smallest absolute Gasteiger partial charge is 0.263 e. The molecule has 5 rings (SSSR count). The van der Waals surface area contributed by atoms with Crippen LogP contribution < -0.4 is 5.56 Å². The Kier molecular flexibility index (Phi) is 5.42. The number of likely N-dealkylation sites (tertiary alicyclic amines) is 2. The normalized spacial score (nSPS) is 24.2. The Hall–Kier alpha value is -2.47. The van der Waals surface area contributed by atoms with Crippen molar-refractivity contribution in [1.29, 1.82) is 0 Å². The first-order valence-corrected chi connectivity index (χ1v) is 11.3. The number of pyridine rings is 2. The highest BCUT2D eigenvalue weighted by Crippen LogP contribution is 2.35. The molecule has 3 aliphatic rings. The van der Waals surface area contributed by atoms with Crippen molar-refractivity contribution in [3.8, 4) is 0 Å². The second kappa shape index (κ2) is 8.34. The minimum Gasteiger partial charge on any atom is -0.338 e. The maximum atomic E-state index is 13.3. The average Bonchev–Trinajstić information content (AvgIpc) is 3.04. The lowest BCUT2D eigenvalue weighted by Gasteiger charge is -2.42. The second-order valence-electron chi connectivity index (χ2n) is 9.11. The van der Waals surface area contributed by atoms with E-state index < -0.39 is 0 Å². The van der Waals surface area contributed by atoms with Gasteiger partial charge in [-0.25, -0.2) is 0 Å². The summed E-state index contributed by atoms with van der Waals surface area (Å²) in [4.78, 5) is 35.2. The summed E-state index contributed by atoms with van der Waals surface area (Å²) >= 11 is 0. The number of hydrogen-bond acceptors (Lipinski definition) is 4. The molecule has 0 aromatic carbocycles. The molecular formula is C24H30N4O2. The van der Waals surface area contributed by atoms with Gasteiger partial charge in [-0.1, -0.05) is 18.9 Å². The number of fused-ring (bicyclic) bond motifs is 4. The third kappa shape index (κ3) is 3.81. The summed E-state index contributed by atoms with van der Waals surface area (Å²) in [6.45, 7) is 5.02. The van der Waals surface area contributed by atoms with Crippen LogP contribution in [0.2, 0.25) is 0 Å². The number of aromatic nitrogens is 2. The molecule has 0 aliphatic carbocycles. The summed E-state index contributed by atoms with van der Waals surface area (Å²) in [5, 5.41) is 0. The van der Waals surface area contributed by atoms with Crippen LogP contribution in [0, 0.1) is 5.92 Å². The number of hydrogen-bond donors (Lipinski definition) is 0. The summed E-state index contributed by atoms with van der Waals surface area (Å²) in [6.07, 6.45) is 7.38. The van der Waals surface area contributed by atoms with E-state index in [-0.39, 0.29) is 11.5 Å². The zero-order valence-corrected chi connectivity index (χ0v) is 17.5. The van der Waals surface area contributed by atoms with E-state index in [9.17, 15) is 9.59 Å². The molecule has 0 radical (unpaired) electrons. The Balaban J connectivity index is 1.37. The molecule has 1 amide bonds. The van der Waals surface area contributed by atoms with E-state index in [2.05, 4.69) is 16.0 Å². The summed E-state index contributed by atoms with van der Waals surface area (Å²) in [6, 6.07) is 9.88. The van der Waals surface area contributed by atoms with Crippen molar-refractivity contribution in [2.24, 2.45) is 5.92 Å². The van der Waals surface area contributed by atoms with Crippen LogP contribution in [-0.2, 0) is 13.1 Å². The predicted octanol–water partition coefficient (Wildman–Crippen LogP) is 2.88. The largest absolute Gasteiger partial charge is 0.338 e. The quantitative estimate of drug-likeness (QED) is 0.787. The Bertz CT molecular complexity index is 963. The van der Waals surface area contributed by atoms with Gasteiger partial charge in [-0.3, -0.25) is 19.5 Å². The summed E-state index contributed by atoms with van der Waals surface area (Å²) in [7, 11) is 0. The number of rotatable bonds is 3. The van der Waals surface area contributed by atoms with Gasteiger partial charge in [0.15, 0.2) is 0 Å². The van der Waals surface area contributed by atoms with E-state index in [1.54, 1.807) is 6.07 Å². The van der Waals surface area contributed by atoms with Crippen LogP contribution in [0.25, 0.3) is 0 Å². The van der Waals surface area contributed by atoms with Gasteiger partial charge in [-0.15, -0.1) is 0 Å². The summed E-state index contributed by atoms with van der Waals surface area (Å²) in [5.41, 5.74) is 2.45. The fraction of sp³-hybridized carbons (Fsp3) is 0.542. The Morgan fingerprint density at radius 1 is 1.00 bits per heavy atom. The van der Waals surface area contributed by atoms with Crippen LogP contribution in [0.5, 0.6) is 0 Å². The molecule has 0 saturated carbocycles. The SMILES string of the molecule is O=C(c1ccc2n(c1=O)C[C@H]1C[C@@H]2CN(Cc2ccccn2)C1)N1CCCCCC1. The van der Waals surface area contributed by atoms with Gasteiger partial charge in [0, 0.05) is 57.1 Å². The van der Waals surface area contributed by atoms with E-state index in [1.807, 2.05) is 33.9 Å². The molecule has 0 spiro atoms. The topological polar surface area (TPSA) is 58.4 Å². The molecule has 2 atom stereocenters. The van der Waals surface area contributed by atoms with Gasteiger partial charge in [0.2, 0.25) is 0 Å². The standard InChI is InChI=1S/C24H30N4O2/c29-23(27-11-5-1-2-6-12-27)21-8-9-22-19-13-18(15-28(22)24(21)30)14-26(16-19)17-20-7-3-4-10-25-20/h3-4,7-10,18-19H,1-2,5-6,11-17H2/t18-,19+/m0/s1. The Labute approximate surface area is 177 Å². The van der Waals surface area contributed by atoms with Crippen molar-refractivity contribution in [2.45, 2.75) is 51.1 Å². The van der Waals surface area contributed by atoms with Crippen LogP contribution in [0.1, 0.15) is 59.8 Å². The number of nitrogens with zero attached hydrogens (tertiary/aromatic N) is 4. The fourth-order valence-electron chi connectivity index (χ4n) is 5.50. The van der Waals surface area contributed by atoms with E-state index in [4.69, 9.17) is 0 Å². The predicted molar refractivity (Wildman–Crippen MR) is 115 cm³/mol. The molecule has 2 saturated heterocycles. The average molecular weight is 407 g/mol. The van der Waals surface area contributed by atoms with Crippen molar-refractivity contribution < 1.29 is 4.79 Å². The van der Waals surface area contributed by atoms with Gasteiger partial charge in [-0.2, -0.15) is 0 Å². The van der Waals surface area contributed by atoms with Crippen LogP contribution >= 0.6 is 0 Å². The van der Waals surface area contributed by atoms with Crippen molar-refractivity contribution in [2.75, 3.05) is 26.2 Å². The molecule has 158 valence electrons. The van der Waals surface area contributed by atoms with Crippen LogP contribution in [0.3, 0.4) is 0 Å². The van der Waals surface area contributed by atoms with Gasteiger partial charge in [0.25, 0.3) is 11.5 Å². The van der Waals surface area contributed by atoms with Gasteiger partial charge in [0.1, 0.15) is 5.56 Å². The molecule has 3 aliphatic heterocycles. The summed E-state index contributed by atoms with van der Waals surface area (Å²) in [5.74, 6) is 0.710. The van der Waals surface area contributed by atoms with E-state index >= 15 is 0 Å². The molecule has 6 heteroatoms. The lowest BCUT2D eigenvalue weighted by atomic mass is 9.83. The number of carbonyl (C=O) groups is 1. The maximum absolute atomic E-state index is 13.3. The number of amides is 1. The highest BCUT2D eigenvalue weighted by molar-refractivity contribution is 5.93. The van der Waals surface area contributed by atoms with Gasteiger partial charge in [0.05, 0.1) is 5.69 Å². The molecule has 30 heavy (non-hydrogen) atoms. The van der Waals surface area contributed by atoms with E-state index in [0.29, 0.717) is 23.9 Å². The van der Waals surface area contributed by atoms with Crippen molar-refractivity contribution in [1.82, 2.24) is 19.4 Å². The zero-order valence-electron chi connectivity index (χ0n) is 17.5. The van der Waals surface area contributed by atoms with Crippen molar-refractivity contribution >= 4 is 5.91 Å². The highest BCUT2D eigenvalue weighted by atomic mass is 16.2. The van der Waals surface area contributed by atoms with Gasteiger partial charge >= 0.3 is 0 Å². The molecule has 2 aromatic heterocycles. The third-order valence-electron chi connectivity index (χ3n) is 6.92. The highest BCUT2D eigenvalue weighted by Gasteiger charge is 2.35. The summed E-state index contributed by atoms with van der Waals surface area (Å²) < 4.78 is 1.90. The zero-order chi connectivity index (χ0) is 20.5. The molecule has 6 nitrogen and oxygen atoms in total. The molecule has 2 bridgehead atoms. The van der Waals surface area contributed by atoms with Crippen LogP contribution in [0.4, 0.5) is 0 Å². The molecular weight excluding hydrogens is 376 g/mol. The second-order valence-corrected chi connectivity index (χ2v) is 9.11. The Morgan fingerprint density at radius 2 is 1.83 bits per heavy atom. The molecule has 2 fully saturated rings. The molecule has 2 aromatic rings. The maximum Gasteiger partial charge on any atom is 0.263 e. The minimum absolute atomic E-state index is 0.0790. The first-order chi connectivity index (χ1) is 14.7. The first kappa shape index (κ1) is 19.5. The van der Waals surface area contributed by atoms with Gasteiger partial charge < -0.3 is 9.47 Å². The number of carbonyl (C=O) groups excluding carboxylic acids is 1. The van der Waals surface area contributed by atoms with E-state index in [0.717, 1.165) is 63.4 Å². The number of piperidine rings is 1. The first-order valence-electron chi connectivity index (χ1n) is 11.3. The minimum atomic E-state index is -0.0883. The molecule has 5 heterocycles. The third-order valence-corrected chi connectivity index (χ3v) is 6.92. The van der Waals surface area contributed by atoms with Gasteiger partial charge in [-0.05, 0) is 49.4 Å². The monoisotopic (exact) mass is 406 g/mol. The molecule has 0 N–H and O–H groups in total. The van der Waals surface area contributed by atoms with Crippen molar-refractivity contribution in [3.63, 3.8) is 0 Å². The lowest BCUT2D eigenvalue weighted by molar-refractivity contribution is 0.0756. The fourth-order valence-corrected chi connectivity index (χ4v) is 5.50. The van der Waals surface area contributed by atoms with Crippen LogP contribution in [-0.4, -0.2) is 51.4 Å². The lowest BCUT2D eigenvalue weighted by Crippen LogP contribution is -2.48. The van der Waals surface area contributed by atoms with Crippen LogP contribution in [0.15, 0.2) is 41.3 Å². The Morgan fingerprint density at radius 3 is 2.60 bits per heavy atom.